The summed E-state index contributed by atoms with van der Waals surface area (Å²) in [5.41, 5.74) is 4.06. The van der Waals surface area contributed by atoms with Gasteiger partial charge in [-0.3, -0.25) is 4.79 Å². The van der Waals surface area contributed by atoms with E-state index in [1.54, 1.807) is 0 Å². The second-order valence-corrected chi connectivity index (χ2v) is 6.11. The normalized spacial score (nSPS) is 14.9. The summed E-state index contributed by atoms with van der Waals surface area (Å²) in [5.74, 6) is 0.997. The van der Waals surface area contributed by atoms with Crippen LogP contribution in [-0.4, -0.2) is 47.2 Å². The lowest BCUT2D eigenvalue weighted by Crippen LogP contribution is -2.49. The van der Waals surface area contributed by atoms with Crippen molar-refractivity contribution in [1.82, 2.24) is 15.1 Å². The van der Waals surface area contributed by atoms with E-state index in [1.165, 1.54) is 5.56 Å². The minimum atomic E-state index is 0.114. The highest BCUT2D eigenvalue weighted by Gasteiger charge is 2.23. The summed E-state index contributed by atoms with van der Waals surface area (Å²) in [6, 6.07) is 9.87. The number of anilines is 1. The van der Waals surface area contributed by atoms with Crippen LogP contribution in [0.15, 0.2) is 30.3 Å². The molecule has 0 spiro atoms. The average molecular weight is 310 g/mol. The number of aryl methyl sites for hydroxylation is 3. The number of nitrogens with zero attached hydrogens (tertiary/aromatic N) is 4. The van der Waals surface area contributed by atoms with Gasteiger partial charge >= 0.3 is 0 Å². The van der Waals surface area contributed by atoms with Crippen LogP contribution in [0.3, 0.4) is 0 Å². The van der Waals surface area contributed by atoms with Gasteiger partial charge in [0, 0.05) is 31.7 Å². The van der Waals surface area contributed by atoms with Gasteiger partial charge < -0.3 is 9.80 Å². The van der Waals surface area contributed by atoms with Gasteiger partial charge in [0.25, 0.3) is 5.91 Å². The Labute approximate surface area is 136 Å². The van der Waals surface area contributed by atoms with Gasteiger partial charge in [-0.15, -0.1) is 5.10 Å². The number of rotatable bonds is 2. The summed E-state index contributed by atoms with van der Waals surface area (Å²) in [7, 11) is 0. The molecular weight excluding hydrogens is 288 g/mol. The van der Waals surface area contributed by atoms with E-state index in [0.29, 0.717) is 13.1 Å². The van der Waals surface area contributed by atoms with Crippen LogP contribution in [0.2, 0.25) is 0 Å². The van der Waals surface area contributed by atoms with Crippen molar-refractivity contribution in [1.29, 1.82) is 0 Å². The molecule has 0 radical (unpaired) electrons. The molecule has 1 aromatic carbocycles. The minimum absolute atomic E-state index is 0.114. The number of aromatic nitrogens is 2. The summed E-state index contributed by atoms with van der Waals surface area (Å²) in [6.07, 6.45) is 0. The molecule has 0 atom stereocenters. The maximum Gasteiger partial charge on any atom is 0.253 e. The molecule has 0 bridgehead atoms. The molecule has 1 saturated heterocycles. The predicted octanol–water partition coefficient (Wildman–Crippen LogP) is 2.36. The fourth-order valence-corrected chi connectivity index (χ4v) is 2.76. The molecule has 5 heteroatoms. The fraction of sp³-hybridized carbons (Fsp3) is 0.389. The lowest BCUT2D eigenvalue weighted by Gasteiger charge is -2.35. The highest BCUT2D eigenvalue weighted by molar-refractivity contribution is 5.94. The zero-order valence-electron chi connectivity index (χ0n) is 13.9. The Morgan fingerprint density at radius 1 is 0.913 bits per heavy atom. The Bertz CT molecular complexity index is 703. The Morgan fingerprint density at radius 2 is 1.65 bits per heavy atom. The van der Waals surface area contributed by atoms with Gasteiger partial charge in [0.1, 0.15) is 0 Å². The second kappa shape index (κ2) is 6.36. The molecule has 2 heterocycles. The Morgan fingerprint density at radius 3 is 2.26 bits per heavy atom. The van der Waals surface area contributed by atoms with Gasteiger partial charge in [0.2, 0.25) is 0 Å². The monoisotopic (exact) mass is 310 g/mol. The van der Waals surface area contributed by atoms with E-state index in [0.717, 1.165) is 35.7 Å². The molecule has 23 heavy (non-hydrogen) atoms. The van der Waals surface area contributed by atoms with Crippen LogP contribution in [0, 0.1) is 20.8 Å². The predicted molar refractivity (Wildman–Crippen MR) is 90.8 cm³/mol. The zero-order valence-corrected chi connectivity index (χ0v) is 13.9. The molecule has 0 saturated carbocycles. The first kappa shape index (κ1) is 15.5. The number of hydrogen-bond donors (Lipinski definition) is 0. The van der Waals surface area contributed by atoms with Crippen molar-refractivity contribution in [3.63, 3.8) is 0 Å². The highest BCUT2D eigenvalue weighted by Crippen LogP contribution is 2.16. The molecule has 0 aliphatic carbocycles. The van der Waals surface area contributed by atoms with Crippen LogP contribution < -0.4 is 4.90 Å². The van der Waals surface area contributed by atoms with Crippen molar-refractivity contribution in [3.05, 3.63) is 52.7 Å². The van der Waals surface area contributed by atoms with E-state index in [4.69, 9.17) is 0 Å². The van der Waals surface area contributed by atoms with Crippen molar-refractivity contribution in [2.75, 3.05) is 31.1 Å². The Balaban J connectivity index is 1.65. The van der Waals surface area contributed by atoms with Gasteiger partial charge in [-0.05, 0) is 56.2 Å². The maximum atomic E-state index is 12.6. The first-order valence-corrected chi connectivity index (χ1v) is 7.96. The lowest BCUT2D eigenvalue weighted by atomic mass is 10.1. The van der Waals surface area contributed by atoms with E-state index in [2.05, 4.69) is 22.0 Å². The number of carbonyl (C=O) groups is 1. The number of benzene rings is 1. The van der Waals surface area contributed by atoms with Crippen LogP contribution in [0.1, 0.15) is 27.2 Å². The van der Waals surface area contributed by atoms with Gasteiger partial charge in [0.05, 0.1) is 5.69 Å². The van der Waals surface area contributed by atoms with Gasteiger partial charge in [-0.1, -0.05) is 6.07 Å². The van der Waals surface area contributed by atoms with Crippen molar-refractivity contribution in [2.45, 2.75) is 20.8 Å². The first-order valence-electron chi connectivity index (χ1n) is 7.96. The van der Waals surface area contributed by atoms with Crippen LogP contribution in [0.25, 0.3) is 0 Å². The van der Waals surface area contributed by atoms with Gasteiger partial charge in [0.15, 0.2) is 5.82 Å². The van der Waals surface area contributed by atoms with Crippen molar-refractivity contribution in [3.8, 4) is 0 Å². The van der Waals surface area contributed by atoms with E-state index in [1.807, 2.05) is 49.1 Å². The Kier molecular flexibility index (Phi) is 4.28. The SMILES string of the molecule is Cc1ccc(N2CCN(C(=O)c3ccc(C)c(C)c3)CC2)nn1. The van der Waals surface area contributed by atoms with Crippen molar-refractivity contribution >= 4 is 11.7 Å². The van der Waals surface area contributed by atoms with Crippen LogP contribution in [-0.2, 0) is 0 Å². The second-order valence-electron chi connectivity index (χ2n) is 6.11. The first-order chi connectivity index (χ1) is 11.0. The molecular formula is C18H22N4O. The third-order valence-corrected chi connectivity index (χ3v) is 4.43. The van der Waals surface area contributed by atoms with E-state index >= 15 is 0 Å². The fourth-order valence-electron chi connectivity index (χ4n) is 2.76. The minimum Gasteiger partial charge on any atom is -0.352 e. The van der Waals surface area contributed by atoms with E-state index in [-0.39, 0.29) is 5.91 Å². The summed E-state index contributed by atoms with van der Waals surface area (Å²) in [4.78, 5) is 16.7. The number of hydrogen-bond acceptors (Lipinski definition) is 4. The van der Waals surface area contributed by atoms with Gasteiger partial charge in [-0.25, -0.2) is 0 Å². The summed E-state index contributed by atoms with van der Waals surface area (Å²) in [5, 5.41) is 8.33. The molecule has 0 unspecified atom stereocenters. The largest absolute Gasteiger partial charge is 0.352 e. The summed E-state index contributed by atoms with van der Waals surface area (Å²) in [6.45, 7) is 9.02. The molecule has 1 aliphatic rings. The molecule has 1 aromatic heterocycles. The van der Waals surface area contributed by atoms with Crippen molar-refractivity contribution < 1.29 is 4.79 Å². The third-order valence-electron chi connectivity index (χ3n) is 4.43. The van der Waals surface area contributed by atoms with Gasteiger partial charge in [-0.2, -0.15) is 5.10 Å². The topological polar surface area (TPSA) is 49.3 Å². The van der Waals surface area contributed by atoms with Crippen LogP contribution in [0.5, 0.6) is 0 Å². The van der Waals surface area contributed by atoms with E-state index in [9.17, 15) is 4.79 Å². The summed E-state index contributed by atoms with van der Waals surface area (Å²) < 4.78 is 0. The maximum absolute atomic E-state index is 12.6. The molecule has 5 nitrogen and oxygen atoms in total. The third kappa shape index (κ3) is 3.33. The molecule has 2 aromatic rings. The van der Waals surface area contributed by atoms with Crippen LogP contribution >= 0.6 is 0 Å². The quantitative estimate of drug-likeness (QED) is 0.854. The number of amides is 1. The highest BCUT2D eigenvalue weighted by atomic mass is 16.2. The molecule has 1 aliphatic heterocycles. The Hall–Kier alpha value is -2.43. The molecule has 120 valence electrons. The van der Waals surface area contributed by atoms with E-state index < -0.39 is 0 Å². The molecule has 1 fully saturated rings. The van der Waals surface area contributed by atoms with Crippen LogP contribution in [0.4, 0.5) is 5.82 Å². The zero-order chi connectivity index (χ0) is 16.4. The summed E-state index contributed by atoms with van der Waals surface area (Å²) >= 11 is 0. The average Bonchev–Trinajstić information content (AvgIpc) is 2.57. The number of piperazine rings is 1. The lowest BCUT2D eigenvalue weighted by molar-refractivity contribution is 0.0746. The molecule has 1 amide bonds. The molecule has 3 rings (SSSR count). The van der Waals surface area contributed by atoms with Crippen molar-refractivity contribution in [2.24, 2.45) is 0 Å². The number of carbonyl (C=O) groups excluding carboxylic acids is 1. The standard InChI is InChI=1S/C18H22N4O/c1-13-4-6-16(12-14(13)2)18(23)22-10-8-21(9-11-22)17-7-5-15(3)19-20-17/h4-7,12H,8-11H2,1-3H3. The molecule has 0 N–H and O–H groups in total. The smallest absolute Gasteiger partial charge is 0.253 e.